The fourth-order valence-corrected chi connectivity index (χ4v) is 0.939. The Morgan fingerprint density at radius 1 is 1.62 bits per heavy atom. The Kier molecular flexibility index (Phi) is 1.57. The molecule has 1 heteroatoms. The molecule has 47 valence electrons. The van der Waals surface area contributed by atoms with Crippen LogP contribution in [0.2, 0.25) is 0 Å². The quantitative estimate of drug-likeness (QED) is 0.529. The van der Waals surface area contributed by atoms with Crippen molar-refractivity contribution in [1.82, 2.24) is 0 Å². The van der Waals surface area contributed by atoms with Crippen LogP contribution in [0.3, 0.4) is 0 Å². The SMILES string of the molecule is C[CH]C1(CC)COC1. The molecule has 1 rings (SSSR count). The Labute approximate surface area is 51.0 Å². The van der Waals surface area contributed by atoms with Gasteiger partial charge in [0.05, 0.1) is 13.2 Å². The predicted octanol–water partition coefficient (Wildman–Crippen LogP) is 1.64. The molecule has 1 heterocycles. The molecule has 1 saturated heterocycles. The molecule has 1 aliphatic rings. The fourth-order valence-electron chi connectivity index (χ4n) is 0.939. The van der Waals surface area contributed by atoms with Gasteiger partial charge >= 0.3 is 0 Å². The molecule has 0 bridgehead atoms. The maximum absolute atomic E-state index is 5.09. The minimum Gasteiger partial charge on any atom is -0.380 e. The number of hydrogen-bond donors (Lipinski definition) is 0. The molecule has 1 radical (unpaired) electrons. The van der Waals surface area contributed by atoms with Crippen molar-refractivity contribution in [2.45, 2.75) is 20.3 Å². The highest BCUT2D eigenvalue weighted by molar-refractivity contribution is 4.93. The standard InChI is InChI=1S/C7H13O/c1-3-7(4-2)5-8-6-7/h3H,4-6H2,1-2H3. The second-order valence-electron chi connectivity index (χ2n) is 2.50. The molecule has 0 atom stereocenters. The van der Waals surface area contributed by atoms with E-state index >= 15 is 0 Å². The lowest BCUT2D eigenvalue weighted by molar-refractivity contribution is -0.0933. The van der Waals surface area contributed by atoms with Crippen molar-refractivity contribution >= 4 is 0 Å². The van der Waals surface area contributed by atoms with Crippen molar-refractivity contribution in [1.29, 1.82) is 0 Å². The summed E-state index contributed by atoms with van der Waals surface area (Å²) in [5.74, 6) is 0. The number of ether oxygens (including phenoxy) is 1. The predicted molar refractivity (Wildman–Crippen MR) is 33.5 cm³/mol. The minimum atomic E-state index is 0.458. The molecule has 0 aliphatic carbocycles. The van der Waals surface area contributed by atoms with Crippen LogP contribution in [-0.4, -0.2) is 13.2 Å². The topological polar surface area (TPSA) is 9.23 Å². The van der Waals surface area contributed by atoms with E-state index in [0.717, 1.165) is 13.2 Å². The molecule has 0 spiro atoms. The maximum Gasteiger partial charge on any atom is 0.0547 e. The molecule has 0 saturated carbocycles. The zero-order valence-electron chi connectivity index (χ0n) is 5.61. The summed E-state index contributed by atoms with van der Waals surface area (Å²) in [5.41, 5.74) is 0.458. The molecule has 1 aliphatic heterocycles. The molecule has 0 aromatic heterocycles. The summed E-state index contributed by atoms with van der Waals surface area (Å²) in [6, 6.07) is 0. The first-order valence-electron chi connectivity index (χ1n) is 3.21. The highest BCUT2D eigenvalue weighted by atomic mass is 16.5. The van der Waals surface area contributed by atoms with Gasteiger partial charge < -0.3 is 4.74 Å². The Hall–Kier alpha value is -0.0400. The minimum absolute atomic E-state index is 0.458. The van der Waals surface area contributed by atoms with E-state index in [0.29, 0.717) is 5.41 Å². The van der Waals surface area contributed by atoms with Gasteiger partial charge in [-0.1, -0.05) is 13.8 Å². The van der Waals surface area contributed by atoms with Crippen molar-refractivity contribution in [3.63, 3.8) is 0 Å². The van der Waals surface area contributed by atoms with Crippen LogP contribution in [0.5, 0.6) is 0 Å². The highest BCUT2D eigenvalue weighted by Gasteiger charge is 2.34. The third kappa shape index (κ3) is 0.752. The molecular weight excluding hydrogens is 100 g/mol. The average Bonchev–Trinajstić information content (AvgIpc) is 1.67. The maximum atomic E-state index is 5.09. The monoisotopic (exact) mass is 113 g/mol. The van der Waals surface area contributed by atoms with Gasteiger partial charge in [-0.25, -0.2) is 0 Å². The molecule has 0 aromatic carbocycles. The van der Waals surface area contributed by atoms with Gasteiger partial charge in [-0.15, -0.1) is 0 Å². The van der Waals surface area contributed by atoms with Crippen molar-refractivity contribution in [3.05, 3.63) is 6.42 Å². The van der Waals surface area contributed by atoms with E-state index in [1.54, 1.807) is 0 Å². The largest absolute Gasteiger partial charge is 0.380 e. The zero-order chi connectivity index (χ0) is 6.04. The van der Waals surface area contributed by atoms with E-state index in [-0.39, 0.29) is 0 Å². The Balaban J connectivity index is 2.33. The lowest BCUT2D eigenvalue weighted by Crippen LogP contribution is -2.41. The van der Waals surface area contributed by atoms with Gasteiger partial charge in [0.15, 0.2) is 0 Å². The first kappa shape index (κ1) is 6.09. The van der Waals surface area contributed by atoms with Gasteiger partial charge in [-0.05, 0) is 12.8 Å². The molecule has 0 unspecified atom stereocenters. The Morgan fingerprint density at radius 3 is 2.25 bits per heavy atom. The van der Waals surface area contributed by atoms with Crippen molar-refractivity contribution in [2.24, 2.45) is 5.41 Å². The van der Waals surface area contributed by atoms with E-state index < -0.39 is 0 Å². The summed E-state index contributed by atoms with van der Waals surface area (Å²) in [5, 5.41) is 0. The van der Waals surface area contributed by atoms with Gasteiger partial charge in [0.1, 0.15) is 0 Å². The number of rotatable bonds is 2. The smallest absolute Gasteiger partial charge is 0.0547 e. The molecule has 8 heavy (non-hydrogen) atoms. The summed E-state index contributed by atoms with van der Waals surface area (Å²) in [6.45, 7) is 6.22. The molecule has 1 fully saturated rings. The second kappa shape index (κ2) is 2.06. The molecule has 0 amide bonds. The third-order valence-electron chi connectivity index (χ3n) is 2.10. The van der Waals surface area contributed by atoms with Gasteiger partial charge in [-0.3, -0.25) is 0 Å². The number of hydrogen-bond acceptors (Lipinski definition) is 1. The van der Waals surface area contributed by atoms with Crippen molar-refractivity contribution < 1.29 is 4.74 Å². The fraction of sp³-hybridized carbons (Fsp3) is 0.857. The van der Waals surface area contributed by atoms with Crippen LogP contribution in [0, 0.1) is 11.8 Å². The summed E-state index contributed by atoms with van der Waals surface area (Å²) >= 11 is 0. The molecular formula is C7H13O. The van der Waals surface area contributed by atoms with E-state index in [1.165, 1.54) is 6.42 Å². The van der Waals surface area contributed by atoms with E-state index in [4.69, 9.17) is 4.74 Å². The van der Waals surface area contributed by atoms with Gasteiger partial charge in [0, 0.05) is 5.41 Å². The lowest BCUT2D eigenvalue weighted by atomic mass is 9.81. The second-order valence-corrected chi connectivity index (χ2v) is 2.50. The van der Waals surface area contributed by atoms with Gasteiger partial charge in [0.25, 0.3) is 0 Å². The molecule has 1 nitrogen and oxygen atoms in total. The van der Waals surface area contributed by atoms with Crippen LogP contribution in [-0.2, 0) is 4.74 Å². The van der Waals surface area contributed by atoms with Crippen LogP contribution >= 0.6 is 0 Å². The summed E-state index contributed by atoms with van der Waals surface area (Å²) in [6.07, 6.45) is 3.49. The molecule has 0 aromatic rings. The van der Waals surface area contributed by atoms with Gasteiger partial charge in [-0.2, -0.15) is 0 Å². The van der Waals surface area contributed by atoms with Crippen LogP contribution in [0.4, 0.5) is 0 Å². The van der Waals surface area contributed by atoms with Crippen LogP contribution in [0.25, 0.3) is 0 Å². The van der Waals surface area contributed by atoms with E-state index in [1.807, 2.05) is 0 Å². The van der Waals surface area contributed by atoms with Crippen molar-refractivity contribution in [3.8, 4) is 0 Å². The first-order chi connectivity index (χ1) is 3.83. The zero-order valence-corrected chi connectivity index (χ0v) is 5.61. The lowest BCUT2D eigenvalue weighted by Gasteiger charge is -2.39. The summed E-state index contributed by atoms with van der Waals surface area (Å²) in [7, 11) is 0. The van der Waals surface area contributed by atoms with E-state index in [2.05, 4.69) is 20.3 Å². The third-order valence-corrected chi connectivity index (χ3v) is 2.10. The van der Waals surface area contributed by atoms with Crippen LogP contribution < -0.4 is 0 Å². The Bertz CT molecular complexity index is 60.9. The Morgan fingerprint density at radius 2 is 2.25 bits per heavy atom. The van der Waals surface area contributed by atoms with Crippen LogP contribution in [0.15, 0.2) is 0 Å². The average molecular weight is 113 g/mol. The van der Waals surface area contributed by atoms with Crippen LogP contribution in [0.1, 0.15) is 20.3 Å². The normalized spacial score (nSPS) is 24.8. The highest BCUT2D eigenvalue weighted by Crippen LogP contribution is 2.33. The first-order valence-corrected chi connectivity index (χ1v) is 3.21. The summed E-state index contributed by atoms with van der Waals surface area (Å²) < 4.78 is 5.09. The summed E-state index contributed by atoms with van der Waals surface area (Å²) in [4.78, 5) is 0. The molecule has 0 N–H and O–H groups in total. The van der Waals surface area contributed by atoms with E-state index in [9.17, 15) is 0 Å². The van der Waals surface area contributed by atoms with Crippen molar-refractivity contribution in [2.75, 3.05) is 13.2 Å². The van der Waals surface area contributed by atoms with Gasteiger partial charge in [0.2, 0.25) is 0 Å².